The van der Waals surface area contributed by atoms with Gasteiger partial charge < -0.3 is 10.6 Å². The number of carbonyl (C=O) groups excluding carboxylic acids is 1. The van der Waals surface area contributed by atoms with Crippen LogP contribution in [0.2, 0.25) is 0 Å². The Hall–Kier alpha value is -1.35. The van der Waals surface area contributed by atoms with Gasteiger partial charge in [0.2, 0.25) is 5.91 Å². The number of rotatable bonds is 4. The molecule has 1 aromatic carbocycles. The summed E-state index contributed by atoms with van der Waals surface area (Å²) in [7, 11) is 0. The van der Waals surface area contributed by atoms with Crippen LogP contribution in [0.25, 0.3) is 0 Å². The van der Waals surface area contributed by atoms with Gasteiger partial charge in [0, 0.05) is 12.6 Å². The number of piperidine rings is 1. The molecule has 0 aliphatic carbocycles. The van der Waals surface area contributed by atoms with Crippen LogP contribution in [0.15, 0.2) is 24.3 Å². The van der Waals surface area contributed by atoms with Crippen LogP contribution in [0.4, 0.5) is 0 Å². The lowest BCUT2D eigenvalue weighted by molar-refractivity contribution is -0.124. The normalized spacial score (nSPS) is 23.1. The smallest absolute Gasteiger partial charge is 0.237 e. The van der Waals surface area contributed by atoms with Crippen molar-refractivity contribution in [2.24, 2.45) is 0 Å². The summed E-state index contributed by atoms with van der Waals surface area (Å²) in [6.07, 6.45) is 4.31. The average molecular weight is 260 g/mol. The highest BCUT2D eigenvalue weighted by Crippen LogP contribution is 2.12. The van der Waals surface area contributed by atoms with Crippen LogP contribution in [-0.2, 0) is 17.8 Å². The van der Waals surface area contributed by atoms with Gasteiger partial charge in [0.05, 0.1) is 6.04 Å². The van der Waals surface area contributed by atoms with Crippen molar-refractivity contribution in [2.45, 2.75) is 58.2 Å². The fourth-order valence-corrected chi connectivity index (χ4v) is 2.55. The van der Waals surface area contributed by atoms with Crippen molar-refractivity contribution in [3.05, 3.63) is 35.4 Å². The summed E-state index contributed by atoms with van der Waals surface area (Å²) in [4.78, 5) is 12.1. The van der Waals surface area contributed by atoms with Gasteiger partial charge in [-0.05, 0) is 43.7 Å². The van der Waals surface area contributed by atoms with Crippen molar-refractivity contribution in [2.75, 3.05) is 0 Å². The third kappa shape index (κ3) is 4.06. The summed E-state index contributed by atoms with van der Waals surface area (Å²) in [6, 6.07) is 8.88. The van der Waals surface area contributed by atoms with Crippen molar-refractivity contribution in [1.29, 1.82) is 0 Å². The Morgan fingerprint density at radius 1 is 1.26 bits per heavy atom. The molecule has 1 amide bonds. The Labute approximate surface area is 115 Å². The van der Waals surface area contributed by atoms with Gasteiger partial charge in [-0.15, -0.1) is 0 Å². The van der Waals surface area contributed by atoms with Gasteiger partial charge in [0.15, 0.2) is 0 Å². The van der Waals surface area contributed by atoms with E-state index in [1.54, 1.807) is 0 Å². The minimum absolute atomic E-state index is 0.0151. The molecule has 1 heterocycles. The number of aryl methyl sites for hydroxylation is 1. The molecule has 1 aliphatic rings. The van der Waals surface area contributed by atoms with Gasteiger partial charge in [-0.1, -0.05) is 31.2 Å². The van der Waals surface area contributed by atoms with E-state index >= 15 is 0 Å². The van der Waals surface area contributed by atoms with Crippen LogP contribution in [0.3, 0.4) is 0 Å². The van der Waals surface area contributed by atoms with Crippen LogP contribution >= 0.6 is 0 Å². The molecule has 1 fully saturated rings. The van der Waals surface area contributed by atoms with Gasteiger partial charge in [-0.3, -0.25) is 4.79 Å². The van der Waals surface area contributed by atoms with E-state index in [4.69, 9.17) is 0 Å². The molecule has 1 saturated heterocycles. The first-order valence-electron chi connectivity index (χ1n) is 7.30. The summed E-state index contributed by atoms with van der Waals surface area (Å²) in [5, 5.41) is 6.38. The van der Waals surface area contributed by atoms with E-state index in [0.717, 1.165) is 24.8 Å². The quantitative estimate of drug-likeness (QED) is 0.873. The molecule has 19 heavy (non-hydrogen) atoms. The van der Waals surface area contributed by atoms with Gasteiger partial charge in [0.25, 0.3) is 0 Å². The third-order valence-corrected chi connectivity index (χ3v) is 3.83. The summed E-state index contributed by atoms with van der Waals surface area (Å²) in [5.74, 6) is 0.131. The number of hydrogen-bond acceptors (Lipinski definition) is 2. The lowest BCUT2D eigenvalue weighted by Crippen LogP contribution is -2.49. The van der Waals surface area contributed by atoms with E-state index in [2.05, 4.69) is 48.7 Å². The van der Waals surface area contributed by atoms with Crippen LogP contribution < -0.4 is 10.6 Å². The Morgan fingerprint density at radius 2 is 1.95 bits per heavy atom. The molecule has 0 saturated carbocycles. The lowest BCUT2D eigenvalue weighted by Gasteiger charge is -2.27. The van der Waals surface area contributed by atoms with Crippen LogP contribution in [-0.4, -0.2) is 18.0 Å². The van der Waals surface area contributed by atoms with E-state index in [1.807, 2.05) is 0 Å². The maximum absolute atomic E-state index is 12.1. The van der Waals surface area contributed by atoms with Crippen molar-refractivity contribution < 1.29 is 4.79 Å². The largest absolute Gasteiger partial charge is 0.351 e. The van der Waals surface area contributed by atoms with E-state index < -0.39 is 0 Å². The second kappa shape index (κ2) is 6.71. The van der Waals surface area contributed by atoms with Crippen LogP contribution in [0.1, 0.15) is 44.2 Å². The Balaban J connectivity index is 1.82. The number of amides is 1. The molecule has 3 heteroatoms. The molecule has 1 aromatic rings. The van der Waals surface area contributed by atoms with Gasteiger partial charge in [-0.2, -0.15) is 0 Å². The van der Waals surface area contributed by atoms with Crippen LogP contribution in [0, 0.1) is 0 Å². The summed E-state index contributed by atoms with van der Waals surface area (Å²) < 4.78 is 0. The summed E-state index contributed by atoms with van der Waals surface area (Å²) in [5.41, 5.74) is 2.49. The second-order valence-corrected chi connectivity index (χ2v) is 5.44. The molecule has 0 spiro atoms. The van der Waals surface area contributed by atoms with Gasteiger partial charge in [0.1, 0.15) is 0 Å². The first-order valence-corrected chi connectivity index (χ1v) is 7.30. The Kier molecular flexibility index (Phi) is 4.97. The third-order valence-electron chi connectivity index (χ3n) is 3.83. The molecule has 0 radical (unpaired) electrons. The highest BCUT2D eigenvalue weighted by Gasteiger charge is 2.23. The second-order valence-electron chi connectivity index (χ2n) is 5.44. The maximum atomic E-state index is 12.1. The van der Waals surface area contributed by atoms with Crippen LogP contribution in [0.5, 0.6) is 0 Å². The van der Waals surface area contributed by atoms with E-state index in [1.165, 1.54) is 12.0 Å². The zero-order valence-electron chi connectivity index (χ0n) is 11.9. The zero-order chi connectivity index (χ0) is 13.7. The first kappa shape index (κ1) is 14.1. The summed E-state index contributed by atoms with van der Waals surface area (Å²) >= 11 is 0. The molecule has 2 unspecified atom stereocenters. The maximum Gasteiger partial charge on any atom is 0.237 e. The molecular formula is C16H24N2O. The Morgan fingerprint density at radius 3 is 2.58 bits per heavy atom. The molecule has 104 valence electrons. The Bertz CT molecular complexity index is 413. The highest BCUT2D eigenvalue weighted by molar-refractivity contribution is 5.81. The van der Waals surface area contributed by atoms with E-state index in [9.17, 15) is 4.79 Å². The predicted molar refractivity (Wildman–Crippen MR) is 77.9 cm³/mol. The lowest BCUT2D eigenvalue weighted by atomic mass is 9.99. The molecule has 1 aliphatic heterocycles. The van der Waals surface area contributed by atoms with Gasteiger partial charge >= 0.3 is 0 Å². The minimum Gasteiger partial charge on any atom is -0.351 e. The van der Waals surface area contributed by atoms with E-state index in [0.29, 0.717) is 12.6 Å². The molecule has 0 aromatic heterocycles. The fourth-order valence-electron chi connectivity index (χ4n) is 2.55. The predicted octanol–water partition coefficient (Wildman–Crippen LogP) is 2.40. The van der Waals surface area contributed by atoms with Gasteiger partial charge in [-0.25, -0.2) is 0 Å². The average Bonchev–Trinajstić information content (AvgIpc) is 2.45. The topological polar surface area (TPSA) is 41.1 Å². The number of nitrogens with one attached hydrogen (secondary N) is 2. The molecule has 0 bridgehead atoms. The SMILES string of the molecule is CCc1ccc(CNC(=O)C2CCCC(C)N2)cc1. The number of hydrogen-bond donors (Lipinski definition) is 2. The molecule has 3 nitrogen and oxygen atoms in total. The number of carbonyl (C=O) groups is 1. The van der Waals surface area contributed by atoms with Crippen molar-refractivity contribution in [3.8, 4) is 0 Å². The van der Waals surface area contributed by atoms with Crippen molar-refractivity contribution in [3.63, 3.8) is 0 Å². The number of benzene rings is 1. The minimum atomic E-state index is -0.0151. The zero-order valence-corrected chi connectivity index (χ0v) is 11.9. The first-order chi connectivity index (χ1) is 9.19. The molecular weight excluding hydrogens is 236 g/mol. The van der Waals surface area contributed by atoms with Crippen molar-refractivity contribution >= 4 is 5.91 Å². The highest BCUT2D eigenvalue weighted by atomic mass is 16.2. The van der Waals surface area contributed by atoms with E-state index in [-0.39, 0.29) is 11.9 Å². The van der Waals surface area contributed by atoms with Crippen molar-refractivity contribution in [1.82, 2.24) is 10.6 Å². The molecule has 2 rings (SSSR count). The summed E-state index contributed by atoms with van der Waals surface area (Å²) in [6.45, 7) is 4.91. The monoisotopic (exact) mass is 260 g/mol. The fraction of sp³-hybridized carbons (Fsp3) is 0.562. The molecule has 2 atom stereocenters. The standard InChI is InChI=1S/C16H24N2O/c1-3-13-7-9-14(10-8-13)11-17-16(19)15-6-4-5-12(2)18-15/h7-10,12,15,18H,3-6,11H2,1-2H3,(H,17,19). The molecule has 2 N–H and O–H groups in total.